The summed E-state index contributed by atoms with van der Waals surface area (Å²) in [7, 11) is 0. The van der Waals surface area contributed by atoms with Crippen LogP contribution in [0.3, 0.4) is 0 Å². The van der Waals surface area contributed by atoms with Crippen LogP contribution in [0.15, 0.2) is 12.4 Å². The third-order valence-electron chi connectivity index (χ3n) is 1.17. The molecule has 0 radical (unpaired) electrons. The fourth-order valence-electron chi connectivity index (χ4n) is 0.703. The molecule has 0 aliphatic heterocycles. The zero-order valence-corrected chi connectivity index (χ0v) is 6.51. The van der Waals surface area contributed by atoms with E-state index in [0.717, 1.165) is 18.9 Å². The molecule has 64 valence electrons. The first-order valence-corrected chi connectivity index (χ1v) is 3.32. The van der Waals surface area contributed by atoms with Gasteiger partial charge in [0.1, 0.15) is 5.82 Å². The Kier molecular flexibility index (Phi) is 5.36. The maximum atomic E-state index is 5.27. The molecule has 0 aliphatic carbocycles. The van der Waals surface area contributed by atoms with Crippen molar-refractivity contribution < 1.29 is 0 Å². The van der Waals surface area contributed by atoms with Crippen molar-refractivity contribution in [2.75, 3.05) is 13.1 Å². The lowest BCUT2D eigenvalue weighted by Gasteiger charge is -1.97. The van der Waals surface area contributed by atoms with Gasteiger partial charge in [-0.15, -0.1) is 0 Å². The molecule has 0 fully saturated rings. The van der Waals surface area contributed by atoms with Crippen molar-refractivity contribution in [3.05, 3.63) is 18.2 Å². The van der Waals surface area contributed by atoms with Gasteiger partial charge in [-0.1, -0.05) is 0 Å². The number of nitrogens with two attached hydrogens (primary N) is 1. The minimum Gasteiger partial charge on any atom is -0.348 e. The normalized spacial score (nSPS) is 9.18. The topological polar surface area (TPSA) is 102 Å². The number of hydrogen-bond donors (Lipinski definition) is 4. The Labute approximate surface area is 66.0 Å². The monoisotopic (exact) mass is 157 g/mol. The molecule has 1 aromatic heterocycles. The summed E-state index contributed by atoms with van der Waals surface area (Å²) in [5.41, 5.74) is 5.27. The van der Waals surface area contributed by atoms with Gasteiger partial charge in [-0.25, -0.2) is 4.98 Å². The minimum atomic E-state index is 0. The molecule has 0 saturated heterocycles. The van der Waals surface area contributed by atoms with Gasteiger partial charge >= 0.3 is 0 Å². The van der Waals surface area contributed by atoms with E-state index in [0.29, 0.717) is 6.54 Å². The summed E-state index contributed by atoms with van der Waals surface area (Å²) in [5.74, 6) is 0.952. The second-order valence-corrected chi connectivity index (χ2v) is 2.00. The van der Waals surface area contributed by atoms with Gasteiger partial charge in [0.2, 0.25) is 0 Å². The first-order valence-electron chi connectivity index (χ1n) is 3.32. The van der Waals surface area contributed by atoms with Crippen molar-refractivity contribution in [1.29, 1.82) is 0 Å². The Balaban J connectivity index is 0.000001000. The number of hydrogen-bond acceptors (Lipinski definition) is 4. The second-order valence-electron chi connectivity index (χ2n) is 2.00. The van der Waals surface area contributed by atoms with Crippen molar-refractivity contribution in [2.45, 2.75) is 6.54 Å². The van der Waals surface area contributed by atoms with Gasteiger partial charge in [0.25, 0.3) is 0 Å². The summed E-state index contributed by atoms with van der Waals surface area (Å²) in [6, 6.07) is 0. The highest BCUT2D eigenvalue weighted by Gasteiger charge is 1.90. The lowest BCUT2D eigenvalue weighted by atomic mass is 10.5. The summed E-state index contributed by atoms with van der Waals surface area (Å²) in [6.07, 6.45) is 3.54. The third-order valence-corrected chi connectivity index (χ3v) is 1.17. The maximum absolute atomic E-state index is 5.27. The van der Waals surface area contributed by atoms with Crippen LogP contribution >= 0.6 is 0 Å². The molecule has 0 aliphatic rings. The van der Waals surface area contributed by atoms with Crippen molar-refractivity contribution in [1.82, 2.24) is 21.4 Å². The van der Waals surface area contributed by atoms with E-state index in [1.807, 2.05) is 0 Å². The van der Waals surface area contributed by atoms with E-state index in [4.69, 9.17) is 5.73 Å². The van der Waals surface area contributed by atoms with Crippen LogP contribution in [0.2, 0.25) is 0 Å². The fraction of sp³-hybridized carbons (Fsp3) is 0.500. The zero-order valence-electron chi connectivity index (χ0n) is 6.51. The number of rotatable bonds is 4. The van der Waals surface area contributed by atoms with Crippen LogP contribution < -0.4 is 17.2 Å². The molecule has 5 nitrogen and oxygen atoms in total. The number of nitrogens with zero attached hydrogens (tertiary/aromatic N) is 1. The van der Waals surface area contributed by atoms with Crippen LogP contribution in [0.4, 0.5) is 0 Å². The van der Waals surface area contributed by atoms with E-state index in [2.05, 4.69) is 15.3 Å². The molecule has 11 heavy (non-hydrogen) atoms. The average molecular weight is 157 g/mol. The van der Waals surface area contributed by atoms with Crippen LogP contribution in [-0.2, 0) is 6.54 Å². The number of aromatic nitrogens is 2. The number of H-pyrrole nitrogens is 1. The largest absolute Gasteiger partial charge is 0.348 e. The van der Waals surface area contributed by atoms with Gasteiger partial charge < -0.3 is 22.2 Å². The lowest BCUT2D eigenvalue weighted by Crippen LogP contribution is -2.22. The van der Waals surface area contributed by atoms with Crippen molar-refractivity contribution in [3.8, 4) is 0 Å². The number of aromatic amines is 1. The van der Waals surface area contributed by atoms with E-state index in [9.17, 15) is 0 Å². The Morgan fingerprint density at radius 1 is 1.64 bits per heavy atom. The number of nitrogens with one attached hydrogen (secondary N) is 2. The molecule has 0 unspecified atom stereocenters. The smallest absolute Gasteiger partial charge is 0.120 e. The van der Waals surface area contributed by atoms with Gasteiger partial charge in [-0.3, -0.25) is 0 Å². The predicted octanol–water partition coefficient (Wildman–Crippen LogP) is -0.380. The summed E-state index contributed by atoms with van der Waals surface area (Å²) >= 11 is 0. The molecular formula is C6H15N5. The van der Waals surface area contributed by atoms with Gasteiger partial charge in [0.05, 0.1) is 6.54 Å². The molecular weight excluding hydrogens is 142 g/mol. The summed E-state index contributed by atoms with van der Waals surface area (Å²) in [4.78, 5) is 7.01. The Bertz CT molecular complexity index is 159. The minimum absolute atomic E-state index is 0. The molecule has 7 N–H and O–H groups in total. The van der Waals surface area contributed by atoms with Crippen LogP contribution in [0, 0.1) is 0 Å². The highest BCUT2D eigenvalue weighted by Crippen LogP contribution is 1.84. The lowest BCUT2D eigenvalue weighted by molar-refractivity contribution is 0.672. The highest BCUT2D eigenvalue weighted by atomic mass is 15.0. The molecule has 0 aromatic carbocycles. The summed E-state index contributed by atoms with van der Waals surface area (Å²) < 4.78 is 0. The van der Waals surface area contributed by atoms with E-state index >= 15 is 0 Å². The second kappa shape index (κ2) is 5.84. The maximum Gasteiger partial charge on any atom is 0.120 e. The Morgan fingerprint density at radius 2 is 2.45 bits per heavy atom. The van der Waals surface area contributed by atoms with Gasteiger partial charge in [0.15, 0.2) is 0 Å². The molecule has 0 saturated carbocycles. The van der Waals surface area contributed by atoms with Crippen molar-refractivity contribution in [3.63, 3.8) is 0 Å². The molecule has 0 spiro atoms. The van der Waals surface area contributed by atoms with Crippen LogP contribution in [0.5, 0.6) is 0 Å². The van der Waals surface area contributed by atoms with Gasteiger partial charge in [0, 0.05) is 25.5 Å². The predicted molar refractivity (Wildman–Crippen MR) is 44.4 cm³/mol. The Morgan fingerprint density at radius 3 is 3.00 bits per heavy atom. The van der Waals surface area contributed by atoms with Gasteiger partial charge in [-0.2, -0.15) is 0 Å². The van der Waals surface area contributed by atoms with Crippen molar-refractivity contribution in [2.24, 2.45) is 5.73 Å². The molecule has 0 amide bonds. The van der Waals surface area contributed by atoms with Crippen LogP contribution in [-0.4, -0.2) is 23.1 Å². The highest BCUT2D eigenvalue weighted by molar-refractivity contribution is 4.85. The van der Waals surface area contributed by atoms with Gasteiger partial charge in [-0.05, 0) is 0 Å². The molecule has 1 heterocycles. The van der Waals surface area contributed by atoms with Crippen molar-refractivity contribution >= 4 is 0 Å². The molecule has 0 atom stereocenters. The third kappa shape index (κ3) is 3.72. The average Bonchev–Trinajstić information content (AvgIpc) is 2.41. The van der Waals surface area contributed by atoms with Crippen LogP contribution in [0.25, 0.3) is 0 Å². The molecule has 5 heteroatoms. The van der Waals surface area contributed by atoms with E-state index in [1.165, 1.54) is 0 Å². The van der Waals surface area contributed by atoms with E-state index in [-0.39, 0.29) is 6.15 Å². The summed E-state index contributed by atoms with van der Waals surface area (Å²) in [6.45, 7) is 2.27. The zero-order chi connectivity index (χ0) is 7.23. The van der Waals surface area contributed by atoms with Crippen LogP contribution in [0.1, 0.15) is 5.82 Å². The first-order chi connectivity index (χ1) is 4.93. The summed E-state index contributed by atoms with van der Waals surface area (Å²) in [5, 5.41) is 3.12. The first kappa shape index (κ1) is 10.1. The Hall–Kier alpha value is -0.910. The molecule has 1 rings (SSSR count). The fourth-order valence-corrected chi connectivity index (χ4v) is 0.703. The molecule has 0 bridgehead atoms. The quantitative estimate of drug-likeness (QED) is 0.447. The number of imidazole rings is 1. The standard InChI is InChI=1S/C6H12N4.H3N/c7-1-2-8-5-6-9-3-4-10-6;/h3-4,8H,1-2,5,7H2,(H,9,10);1H3. The SMILES string of the molecule is N.NCCNCc1ncc[nH]1. The molecule has 1 aromatic rings. The van der Waals surface area contributed by atoms with E-state index in [1.54, 1.807) is 12.4 Å². The van der Waals surface area contributed by atoms with E-state index < -0.39 is 0 Å².